The Morgan fingerprint density at radius 1 is 1.18 bits per heavy atom. The lowest BCUT2D eigenvalue weighted by molar-refractivity contribution is 0.102. The second-order valence-corrected chi connectivity index (χ2v) is 5.22. The van der Waals surface area contributed by atoms with Crippen LogP contribution in [0.1, 0.15) is 10.4 Å². The summed E-state index contributed by atoms with van der Waals surface area (Å²) in [5.74, 6) is 0.377. The topological polar surface area (TPSA) is 62.7 Å². The lowest BCUT2D eigenvalue weighted by Crippen LogP contribution is -2.14. The first-order chi connectivity index (χ1) is 10.7. The van der Waals surface area contributed by atoms with Crippen LogP contribution in [-0.2, 0) is 7.05 Å². The van der Waals surface area contributed by atoms with Crippen molar-refractivity contribution in [3.63, 3.8) is 0 Å². The predicted octanol–water partition coefficient (Wildman–Crippen LogP) is 3.31. The van der Waals surface area contributed by atoms with E-state index in [-0.39, 0.29) is 5.91 Å². The first kappa shape index (κ1) is 12.6. The van der Waals surface area contributed by atoms with Crippen LogP contribution < -0.4 is 5.32 Å². The normalized spacial score (nSPS) is 11.1. The number of anilines is 1. The van der Waals surface area contributed by atoms with E-state index in [0.717, 1.165) is 21.9 Å². The van der Waals surface area contributed by atoms with E-state index in [1.807, 2.05) is 60.3 Å². The average molecular weight is 290 g/mol. The summed E-state index contributed by atoms with van der Waals surface area (Å²) in [7, 11) is 1.89. The van der Waals surface area contributed by atoms with E-state index >= 15 is 0 Å². The first-order valence-electron chi connectivity index (χ1n) is 7.02. The Kier molecular flexibility index (Phi) is 2.72. The molecule has 2 aromatic carbocycles. The van der Waals surface area contributed by atoms with Gasteiger partial charge in [0.2, 0.25) is 5.95 Å². The second-order valence-electron chi connectivity index (χ2n) is 5.22. The van der Waals surface area contributed by atoms with Crippen molar-refractivity contribution < 1.29 is 4.79 Å². The van der Waals surface area contributed by atoms with Crippen molar-refractivity contribution in [2.24, 2.45) is 7.05 Å². The molecular formula is C17H14N4O. The zero-order valence-electron chi connectivity index (χ0n) is 12.0. The molecule has 2 aromatic heterocycles. The molecule has 0 aliphatic heterocycles. The van der Waals surface area contributed by atoms with Crippen LogP contribution in [0.25, 0.3) is 21.9 Å². The molecule has 0 unspecified atom stereocenters. The van der Waals surface area contributed by atoms with Crippen molar-refractivity contribution >= 4 is 33.8 Å². The van der Waals surface area contributed by atoms with Crippen molar-refractivity contribution in [2.45, 2.75) is 0 Å². The van der Waals surface area contributed by atoms with E-state index in [4.69, 9.17) is 0 Å². The highest BCUT2D eigenvalue weighted by Gasteiger charge is 2.12. The quantitative estimate of drug-likeness (QED) is 0.595. The van der Waals surface area contributed by atoms with Gasteiger partial charge in [-0.2, -0.15) is 0 Å². The number of carbonyl (C=O) groups excluding carboxylic acids is 1. The summed E-state index contributed by atoms with van der Waals surface area (Å²) < 4.78 is 1.88. The summed E-state index contributed by atoms with van der Waals surface area (Å²) in [6, 6.07) is 15.3. The van der Waals surface area contributed by atoms with Gasteiger partial charge in [-0.05, 0) is 36.4 Å². The molecule has 2 heterocycles. The molecule has 108 valence electrons. The number of nitrogens with one attached hydrogen (secondary N) is 2. The maximum absolute atomic E-state index is 12.4. The largest absolute Gasteiger partial charge is 0.361 e. The molecular weight excluding hydrogens is 276 g/mol. The van der Waals surface area contributed by atoms with Crippen LogP contribution >= 0.6 is 0 Å². The van der Waals surface area contributed by atoms with Gasteiger partial charge >= 0.3 is 0 Å². The third-order valence-electron chi connectivity index (χ3n) is 3.83. The summed E-state index contributed by atoms with van der Waals surface area (Å²) in [6.45, 7) is 0. The number of fused-ring (bicyclic) bond motifs is 2. The second kappa shape index (κ2) is 4.73. The number of aromatic amines is 1. The number of carbonyl (C=O) groups is 1. The molecule has 5 nitrogen and oxygen atoms in total. The van der Waals surface area contributed by atoms with Crippen LogP contribution in [0.3, 0.4) is 0 Å². The van der Waals surface area contributed by atoms with E-state index in [1.54, 1.807) is 6.07 Å². The Morgan fingerprint density at radius 3 is 2.91 bits per heavy atom. The number of benzene rings is 2. The summed E-state index contributed by atoms with van der Waals surface area (Å²) >= 11 is 0. The lowest BCUT2D eigenvalue weighted by Gasteiger charge is -2.05. The molecule has 0 saturated heterocycles. The Labute approximate surface area is 126 Å². The van der Waals surface area contributed by atoms with E-state index in [2.05, 4.69) is 15.3 Å². The molecule has 0 bridgehead atoms. The average Bonchev–Trinajstić information content (AvgIpc) is 3.12. The molecule has 0 spiro atoms. The number of aromatic nitrogens is 3. The fourth-order valence-electron chi connectivity index (χ4n) is 2.63. The monoisotopic (exact) mass is 290 g/mol. The minimum absolute atomic E-state index is 0.165. The van der Waals surface area contributed by atoms with Gasteiger partial charge in [0.05, 0.1) is 11.0 Å². The van der Waals surface area contributed by atoms with E-state index in [1.165, 1.54) is 0 Å². The third kappa shape index (κ3) is 1.95. The van der Waals surface area contributed by atoms with Gasteiger partial charge in [-0.15, -0.1) is 0 Å². The van der Waals surface area contributed by atoms with Gasteiger partial charge in [-0.25, -0.2) is 4.98 Å². The zero-order chi connectivity index (χ0) is 15.1. The van der Waals surface area contributed by atoms with Crippen LogP contribution in [0, 0.1) is 0 Å². The smallest absolute Gasteiger partial charge is 0.257 e. The van der Waals surface area contributed by atoms with Gasteiger partial charge < -0.3 is 9.55 Å². The molecule has 0 aliphatic rings. The molecule has 2 N–H and O–H groups in total. The van der Waals surface area contributed by atoms with Crippen LogP contribution in [0.15, 0.2) is 54.7 Å². The van der Waals surface area contributed by atoms with E-state index in [0.29, 0.717) is 11.5 Å². The Hall–Kier alpha value is -3.08. The number of hydrogen-bond donors (Lipinski definition) is 2. The van der Waals surface area contributed by atoms with Gasteiger partial charge in [0.15, 0.2) is 0 Å². The van der Waals surface area contributed by atoms with Crippen LogP contribution in [0.2, 0.25) is 0 Å². The zero-order valence-corrected chi connectivity index (χ0v) is 12.0. The van der Waals surface area contributed by atoms with Crippen LogP contribution in [0.4, 0.5) is 5.95 Å². The fourth-order valence-corrected chi connectivity index (χ4v) is 2.63. The summed E-state index contributed by atoms with van der Waals surface area (Å²) in [4.78, 5) is 20.0. The summed E-state index contributed by atoms with van der Waals surface area (Å²) in [5.41, 5.74) is 3.47. The van der Waals surface area contributed by atoms with Crippen molar-refractivity contribution in [2.75, 3.05) is 5.32 Å². The number of imidazole rings is 1. The molecule has 0 atom stereocenters. The highest BCUT2D eigenvalue weighted by atomic mass is 16.1. The van der Waals surface area contributed by atoms with Gasteiger partial charge in [-0.3, -0.25) is 10.1 Å². The minimum Gasteiger partial charge on any atom is -0.361 e. The number of nitrogens with zero attached hydrogens (tertiary/aromatic N) is 2. The van der Waals surface area contributed by atoms with Crippen molar-refractivity contribution in [3.05, 3.63) is 60.3 Å². The van der Waals surface area contributed by atoms with Crippen molar-refractivity contribution in [3.8, 4) is 0 Å². The molecule has 4 aromatic rings. The number of amides is 1. The minimum atomic E-state index is -0.165. The molecule has 1 amide bonds. The molecule has 0 fully saturated rings. The number of para-hydroxylation sites is 2. The molecule has 4 rings (SSSR count). The number of H-pyrrole nitrogens is 1. The van der Waals surface area contributed by atoms with Gasteiger partial charge in [0, 0.05) is 29.7 Å². The first-order valence-corrected chi connectivity index (χ1v) is 7.02. The highest BCUT2D eigenvalue weighted by molar-refractivity contribution is 6.06. The van der Waals surface area contributed by atoms with E-state index in [9.17, 15) is 4.79 Å². The number of rotatable bonds is 2. The molecule has 22 heavy (non-hydrogen) atoms. The SMILES string of the molecule is Cn1c(NC(=O)c2ccc3[nH]ccc3c2)nc2ccccc21. The standard InChI is InChI=1S/C17H14N4O/c1-21-15-5-3-2-4-14(15)19-17(21)20-16(22)12-6-7-13-11(10-12)8-9-18-13/h2-10,18H,1H3,(H,19,20,22). The maximum Gasteiger partial charge on any atom is 0.257 e. The van der Waals surface area contributed by atoms with Gasteiger partial charge in [-0.1, -0.05) is 12.1 Å². The van der Waals surface area contributed by atoms with Crippen LogP contribution in [-0.4, -0.2) is 20.4 Å². The molecule has 0 aliphatic carbocycles. The Morgan fingerprint density at radius 2 is 2.05 bits per heavy atom. The number of hydrogen-bond acceptors (Lipinski definition) is 2. The molecule has 0 radical (unpaired) electrons. The maximum atomic E-state index is 12.4. The molecule has 0 saturated carbocycles. The van der Waals surface area contributed by atoms with Crippen molar-refractivity contribution in [1.82, 2.24) is 14.5 Å². The lowest BCUT2D eigenvalue weighted by atomic mass is 10.1. The number of aryl methyl sites for hydroxylation is 1. The third-order valence-corrected chi connectivity index (χ3v) is 3.83. The van der Waals surface area contributed by atoms with E-state index < -0.39 is 0 Å². The summed E-state index contributed by atoms with van der Waals surface area (Å²) in [6.07, 6.45) is 1.86. The van der Waals surface area contributed by atoms with Crippen LogP contribution in [0.5, 0.6) is 0 Å². The Balaban J connectivity index is 1.69. The highest BCUT2D eigenvalue weighted by Crippen LogP contribution is 2.19. The Bertz CT molecular complexity index is 996. The van der Waals surface area contributed by atoms with Gasteiger partial charge in [0.25, 0.3) is 5.91 Å². The predicted molar refractivity (Wildman–Crippen MR) is 87.0 cm³/mol. The molecule has 5 heteroatoms. The van der Waals surface area contributed by atoms with Gasteiger partial charge in [0.1, 0.15) is 0 Å². The summed E-state index contributed by atoms with van der Waals surface area (Å²) in [5, 5.41) is 3.89. The van der Waals surface area contributed by atoms with Crippen molar-refractivity contribution in [1.29, 1.82) is 0 Å². The fraction of sp³-hybridized carbons (Fsp3) is 0.0588.